The fourth-order valence-corrected chi connectivity index (χ4v) is 2.88. The summed E-state index contributed by atoms with van der Waals surface area (Å²) in [5, 5.41) is 14.0. The summed E-state index contributed by atoms with van der Waals surface area (Å²) in [7, 11) is 0. The van der Waals surface area contributed by atoms with Gasteiger partial charge in [0.25, 0.3) is 5.69 Å². The molecule has 0 aliphatic carbocycles. The zero-order valence-electron chi connectivity index (χ0n) is 11.8. The molecule has 1 N–H and O–H groups in total. The lowest BCUT2D eigenvalue weighted by atomic mass is 10.2. The van der Waals surface area contributed by atoms with E-state index in [0.29, 0.717) is 12.2 Å². The quantitative estimate of drug-likeness (QED) is 0.641. The molecule has 7 heteroatoms. The van der Waals surface area contributed by atoms with E-state index in [1.807, 2.05) is 0 Å². The van der Waals surface area contributed by atoms with Gasteiger partial charge in [-0.05, 0) is 47.9 Å². The fraction of sp³-hybridized carbons (Fsp3) is 0.571. The van der Waals surface area contributed by atoms with Crippen LogP contribution in [0, 0.1) is 15.9 Å². The SMILES string of the molecule is O=[N+]([O-])c1cc(F)c(Br)cc1NCCN1CCCCCC1. The van der Waals surface area contributed by atoms with E-state index in [2.05, 4.69) is 26.1 Å². The lowest BCUT2D eigenvalue weighted by Crippen LogP contribution is -2.30. The van der Waals surface area contributed by atoms with Gasteiger partial charge in [-0.2, -0.15) is 0 Å². The smallest absolute Gasteiger partial charge is 0.295 e. The first-order valence-electron chi connectivity index (χ1n) is 7.17. The summed E-state index contributed by atoms with van der Waals surface area (Å²) >= 11 is 3.06. The van der Waals surface area contributed by atoms with Crippen molar-refractivity contribution in [2.24, 2.45) is 0 Å². The van der Waals surface area contributed by atoms with Crippen LogP contribution in [-0.4, -0.2) is 36.0 Å². The van der Waals surface area contributed by atoms with Crippen molar-refractivity contribution in [2.75, 3.05) is 31.5 Å². The summed E-state index contributed by atoms with van der Waals surface area (Å²) in [5.74, 6) is -0.625. The Morgan fingerprint density at radius 3 is 2.57 bits per heavy atom. The molecule has 116 valence electrons. The van der Waals surface area contributed by atoms with Gasteiger partial charge < -0.3 is 10.2 Å². The Morgan fingerprint density at radius 1 is 1.29 bits per heavy atom. The highest BCUT2D eigenvalue weighted by Gasteiger charge is 2.17. The Labute approximate surface area is 131 Å². The minimum atomic E-state index is -0.625. The molecule has 0 radical (unpaired) electrons. The van der Waals surface area contributed by atoms with E-state index in [-0.39, 0.29) is 10.2 Å². The van der Waals surface area contributed by atoms with Crippen LogP contribution in [0.1, 0.15) is 25.7 Å². The Balaban J connectivity index is 1.95. The van der Waals surface area contributed by atoms with Crippen molar-refractivity contribution in [3.05, 3.63) is 32.5 Å². The second kappa shape index (κ2) is 7.70. The molecule has 1 saturated heterocycles. The maximum Gasteiger partial charge on any atom is 0.295 e. The number of benzene rings is 1. The first kappa shape index (κ1) is 16.2. The largest absolute Gasteiger partial charge is 0.378 e. The highest BCUT2D eigenvalue weighted by atomic mass is 79.9. The van der Waals surface area contributed by atoms with Crippen molar-refractivity contribution >= 4 is 27.3 Å². The summed E-state index contributed by atoms with van der Waals surface area (Å²) < 4.78 is 13.6. The van der Waals surface area contributed by atoms with Gasteiger partial charge in [-0.25, -0.2) is 4.39 Å². The first-order chi connectivity index (χ1) is 10.1. The number of hydrogen-bond acceptors (Lipinski definition) is 4. The highest BCUT2D eigenvalue weighted by molar-refractivity contribution is 9.10. The molecule has 0 unspecified atom stereocenters. The molecule has 1 aliphatic rings. The van der Waals surface area contributed by atoms with E-state index in [4.69, 9.17) is 0 Å². The molecular weight excluding hydrogens is 341 g/mol. The van der Waals surface area contributed by atoms with Gasteiger partial charge in [-0.15, -0.1) is 0 Å². The van der Waals surface area contributed by atoms with E-state index < -0.39 is 10.7 Å². The van der Waals surface area contributed by atoms with Gasteiger partial charge in [0.2, 0.25) is 0 Å². The second-order valence-corrected chi connectivity index (χ2v) is 6.08. The summed E-state index contributed by atoms with van der Waals surface area (Å²) in [4.78, 5) is 12.8. The van der Waals surface area contributed by atoms with Gasteiger partial charge in [0, 0.05) is 13.1 Å². The predicted molar refractivity (Wildman–Crippen MR) is 84.2 cm³/mol. The molecule has 1 aliphatic heterocycles. The number of nitrogens with zero attached hydrogens (tertiary/aromatic N) is 2. The standard InChI is InChI=1S/C14H19BrFN3O2/c15-11-9-13(14(19(20)21)10-12(11)16)17-5-8-18-6-3-1-2-4-7-18/h9-10,17H,1-8H2. The Morgan fingerprint density at radius 2 is 1.95 bits per heavy atom. The van der Waals surface area contributed by atoms with E-state index in [1.54, 1.807) is 0 Å². The molecule has 1 heterocycles. The molecule has 0 amide bonds. The number of likely N-dealkylation sites (tertiary alicyclic amines) is 1. The lowest BCUT2D eigenvalue weighted by Gasteiger charge is -2.20. The van der Waals surface area contributed by atoms with Crippen LogP contribution in [-0.2, 0) is 0 Å². The third-order valence-corrected chi connectivity index (χ3v) is 4.29. The molecule has 5 nitrogen and oxygen atoms in total. The average Bonchev–Trinajstić information content (AvgIpc) is 2.71. The van der Waals surface area contributed by atoms with Crippen molar-refractivity contribution in [3.63, 3.8) is 0 Å². The van der Waals surface area contributed by atoms with E-state index in [1.165, 1.54) is 31.7 Å². The van der Waals surface area contributed by atoms with Crippen LogP contribution in [0.3, 0.4) is 0 Å². The van der Waals surface area contributed by atoms with Gasteiger partial charge in [0.05, 0.1) is 15.5 Å². The van der Waals surface area contributed by atoms with Crippen LogP contribution in [0.5, 0.6) is 0 Å². The van der Waals surface area contributed by atoms with Crippen LogP contribution in [0.2, 0.25) is 0 Å². The maximum atomic E-state index is 13.4. The van der Waals surface area contributed by atoms with E-state index >= 15 is 0 Å². The Bertz CT molecular complexity index is 505. The van der Waals surface area contributed by atoms with Crippen LogP contribution < -0.4 is 5.32 Å². The second-order valence-electron chi connectivity index (χ2n) is 5.22. The van der Waals surface area contributed by atoms with Gasteiger partial charge in [-0.3, -0.25) is 10.1 Å². The summed E-state index contributed by atoms with van der Waals surface area (Å²) in [6.45, 7) is 3.61. The van der Waals surface area contributed by atoms with Crippen LogP contribution in [0.4, 0.5) is 15.8 Å². The number of nitrogens with one attached hydrogen (secondary N) is 1. The molecule has 2 rings (SSSR count). The molecule has 0 bridgehead atoms. The number of halogens is 2. The minimum Gasteiger partial charge on any atom is -0.378 e. The van der Waals surface area contributed by atoms with Crippen molar-refractivity contribution in [1.29, 1.82) is 0 Å². The van der Waals surface area contributed by atoms with Gasteiger partial charge >= 0.3 is 0 Å². The van der Waals surface area contributed by atoms with E-state index in [9.17, 15) is 14.5 Å². The maximum absolute atomic E-state index is 13.4. The Hall–Kier alpha value is -1.21. The molecular formula is C14H19BrFN3O2. The third-order valence-electron chi connectivity index (χ3n) is 3.68. The highest BCUT2D eigenvalue weighted by Crippen LogP contribution is 2.30. The van der Waals surface area contributed by atoms with Crippen LogP contribution >= 0.6 is 15.9 Å². The van der Waals surface area contributed by atoms with Crippen LogP contribution in [0.25, 0.3) is 0 Å². The number of nitro groups is 1. The van der Waals surface area contributed by atoms with Crippen molar-refractivity contribution < 1.29 is 9.31 Å². The number of hydrogen-bond donors (Lipinski definition) is 1. The van der Waals surface area contributed by atoms with Gasteiger partial charge in [-0.1, -0.05) is 12.8 Å². The molecule has 0 aromatic heterocycles. The Kier molecular flexibility index (Phi) is 5.93. The number of nitro benzene ring substituents is 1. The molecule has 1 aromatic rings. The molecule has 1 aromatic carbocycles. The molecule has 1 fully saturated rings. The summed E-state index contributed by atoms with van der Waals surface area (Å²) in [5.41, 5.74) is 0.120. The normalized spacial score (nSPS) is 16.5. The topological polar surface area (TPSA) is 58.4 Å². The molecule has 0 atom stereocenters. The zero-order chi connectivity index (χ0) is 15.2. The van der Waals surface area contributed by atoms with Gasteiger partial charge in [0.15, 0.2) is 0 Å². The monoisotopic (exact) mass is 359 g/mol. The fourth-order valence-electron chi connectivity index (χ4n) is 2.54. The van der Waals surface area contributed by atoms with E-state index in [0.717, 1.165) is 25.7 Å². The predicted octanol–water partition coefficient (Wildman–Crippen LogP) is 3.78. The molecule has 0 saturated carbocycles. The molecule has 0 spiro atoms. The van der Waals surface area contributed by atoms with Gasteiger partial charge in [0.1, 0.15) is 11.5 Å². The minimum absolute atomic E-state index is 0.227. The lowest BCUT2D eigenvalue weighted by molar-refractivity contribution is -0.384. The van der Waals surface area contributed by atoms with Crippen LogP contribution in [0.15, 0.2) is 16.6 Å². The first-order valence-corrected chi connectivity index (χ1v) is 7.97. The summed E-state index contributed by atoms with van der Waals surface area (Å²) in [6.07, 6.45) is 4.98. The average molecular weight is 360 g/mol. The zero-order valence-corrected chi connectivity index (χ0v) is 13.4. The number of rotatable bonds is 5. The third kappa shape index (κ3) is 4.64. The summed E-state index contributed by atoms with van der Waals surface area (Å²) in [6, 6.07) is 2.37. The van der Waals surface area contributed by atoms with Crippen molar-refractivity contribution in [2.45, 2.75) is 25.7 Å². The van der Waals surface area contributed by atoms with Crippen molar-refractivity contribution in [3.8, 4) is 0 Å². The number of anilines is 1. The van der Waals surface area contributed by atoms with Crippen molar-refractivity contribution in [1.82, 2.24) is 4.90 Å². The molecule has 21 heavy (non-hydrogen) atoms.